The van der Waals surface area contributed by atoms with Gasteiger partial charge in [-0.3, -0.25) is 4.79 Å². The van der Waals surface area contributed by atoms with Crippen LogP contribution in [-0.4, -0.2) is 31.8 Å². The lowest BCUT2D eigenvalue weighted by atomic mass is 10.1. The molecule has 1 atom stereocenters. The number of amides is 1. The highest BCUT2D eigenvalue weighted by Gasteiger charge is 2.30. The molecule has 2 rings (SSSR count). The first kappa shape index (κ1) is 19.6. The summed E-state index contributed by atoms with van der Waals surface area (Å²) in [4.78, 5) is 12.0. The van der Waals surface area contributed by atoms with Crippen LogP contribution in [0, 0.1) is 0 Å². The zero-order valence-corrected chi connectivity index (χ0v) is 14.1. The van der Waals surface area contributed by atoms with Crippen molar-refractivity contribution < 1.29 is 32.5 Å². The third-order valence-corrected chi connectivity index (χ3v) is 3.70. The van der Waals surface area contributed by atoms with Crippen LogP contribution < -0.4 is 14.8 Å². The van der Waals surface area contributed by atoms with Crippen molar-refractivity contribution in [3.8, 4) is 11.5 Å². The minimum absolute atomic E-state index is 0.140. The third kappa shape index (κ3) is 4.66. The average molecular weight is 369 g/mol. The van der Waals surface area contributed by atoms with Gasteiger partial charge in [0.1, 0.15) is 0 Å². The van der Waals surface area contributed by atoms with Gasteiger partial charge in [0, 0.05) is 12.1 Å². The molecule has 8 heteroatoms. The quantitative estimate of drug-likeness (QED) is 0.821. The van der Waals surface area contributed by atoms with Crippen molar-refractivity contribution in [2.75, 3.05) is 20.8 Å². The van der Waals surface area contributed by atoms with E-state index >= 15 is 0 Å². The topological polar surface area (TPSA) is 67.8 Å². The molecule has 0 bridgehead atoms. The molecule has 0 spiro atoms. The molecule has 2 aromatic carbocycles. The number of benzene rings is 2. The zero-order chi connectivity index (χ0) is 19.3. The van der Waals surface area contributed by atoms with Crippen molar-refractivity contribution in [3.05, 3.63) is 59.2 Å². The highest BCUT2D eigenvalue weighted by molar-refractivity contribution is 5.94. The molecule has 0 aromatic heterocycles. The molecule has 0 fully saturated rings. The predicted molar refractivity (Wildman–Crippen MR) is 88.3 cm³/mol. The van der Waals surface area contributed by atoms with Crippen LogP contribution in [0.1, 0.15) is 27.6 Å². The number of hydrogen-bond donors (Lipinski definition) is 2. The fraction of sp³-hybridized carbons (Fsp3) is 0.278. The van der Waals surface area contributed by atoms with Crippen LogP contribution in [0.5, 0.6) is 11.5 Å². The summed E-state index contributed by atoms with van der Waals surface area (Å²) in [5.74, 6) is 0.181. The molecule has 2 N–H and O–H groups in total. The monoisotopic (exact) mass is 369 g/mol. The van der Waals surface area contributed by atoms with Gasteiger partial charge in [-0.15, -0.1) is 0 Å². The molecule has 26 heavy (non-hydrogen) atoms. The fourth-order valence-corrected chi connectivity index (χ4v) is 2.31. The lowest BCUT2D eigenvalue weighted by Crippen LogP contribution is -2.28. The first-order valence-corrected chi connectivity index (χ1v) is 7.61. The summed E-state index contributed by atoms with van der Waals surface area (Å²) in [5.41, 5.74) is -0.586. The smallest absolute Gasteiger partial charge is 0.416 e. The summed E-state index contributed by atoms with van der Waals surface area (Å²) < 4.78 is 48.4. The van der Waals surface area contributed by atoms with E-state index in [4.69, 9.17) is 9.47 Å². The minimum Gasteiger partial charge on any atom is -0.493 e. The Labute approximate surface area is 148 Å². The van der Waals surface area contributed by atoms with Crippen molar-refractivity contribution in [1.82, 2.24) is 5.32 Å². The molecular formula is C18H18F3NO4. The first-order chi connectivity index (χ1) is 12.3. The highest BCUT2D eigenvalue weighted by atomic mass is 19.4. The number of nitrogens with one attached hydrogen (secondary N) is 1. The van der Waals surface area contributed by atoms with E-state index in [1.807, 2.05) is 0 Å². The number of carbonyl (C=O) groups is 1. The number of carbonyl (C=O) groups excluding carboxylic acids is 1. The maximum Gasteiger partial charge on any atom is 0.416 e. The summed E-state index contributed by atoms with van der Waals surface area (Å²) in [6.45, 7) is -0.176. The molecule has 0 radical (unpaired) electrons. The van der Waals surface area contributed by atoms with E-state index in [-0.39, 0.29) is 12.1 Å². The second-order valence-corrected chi connectivity index (χ2v) is 5.42. The second-order valence-electron chi connectivity index (χ2n) is 5.42. The van der Waals surface area contributed by atoms with Crippen molar-refractivity contribution >= 4 is 5.91 Å². The molecule has 1 amide bonds. The molecule has 5 nitrogen and oxygen atoms in total. The van der Waals surface area contributed by atoms with Gasteiger partial charge in [0.05, 0.1) is 25.9 Å². The Bertz CT molecular complexity index is 777. The van der Waals surface area contributed by atoms with Gasteiger partial charge in [-0.2, -0.15) is 13.2 Å². The van der Waals surface area contributed by atoms with E-state index in [1.165, 1.54) is 20.3 Å². The number of aliphatic hydroxyl groups excluding tert-OH is 1. The van der Waals surface area contributed by atoms with Gasteiger partial charge in [0.25, 0.3) is 5.91 Å². The zero-order valence-electron chi connectivity index (χ0n) is 14.1. The largest absolute Gasteiger partial charge is 0.493 e. The fourth-order valence-electron chi connectivity index (χ4n) is 2.31. The normalized spacial score (nSPS) is 12.4. The second kappa shape index (κ2) is 8.09. The Morgan fingerprint density at radius 2 is 1.81 bits per heavy atom. The Morgan fingerprint density at radius 1 is 1.12 bits per heavy atom. The van der Waals surface area contributed by atoms with Crippen molar-refractivity contribution in [2.24, 2.45) is 0 Å². The van der Waals surface area contributed by atoms with E-state index in [0.717, 1.165) is 18.2 Å². The van der Waals surface area contributed by atoms with Crippen LogP contribution in [0.4, 0.5) is 13.2 Å². The number of alkyl halides is 3. The minimum atomic E-state index is -4.53. The molecular weight excluding hydrogens is 351 g/mol. The van der Waals surface area contributed by atoms with E-state index in [9.17, 15) is 23.1 Å². The lowest BCUT2D eigenvalue weighted by Gasteiger charge is -2.15. The summed E-state index contributed by atoms with van der Waals surface area (Å²) in [7, 11) is 2.92. The van der Waals surface area contributed by atoms with Crippen LogP contribution >= 0.6 is 0 Å². The number of methoxy groups -OCH3 is 2. The maximum absolute atomic E-state index is 12.7. The molecule has 140 valence electrons. The Balaban J connectivity index is 2.05. The van der Waals surface area contributed by atoms with Crippen LogP contribution in [0.2, 0.25) is 0 Å². The SMILES string of the molecule is COc1ccc(C(O)CNC(=O)c2cccc(C(F)(F)F)c2)cc1OC. The van der Waals surface area contributed by atoms with E-state index in [1.54, 1.807) is 18.2 Å². The Morgan fingerprint density at radius 3 is 2.42 bits per heavy atom. The highest BCUT2D eigenvalue weighted by Crippen LogP contribution is 2.30. The van der Waals surface area contributed by atoms with E-state index in [2.05, 4.69) is 5.32 Å². The summed E-state index contributed by atoms with van der Waals surface area (Å²) in [5, 5.41) is 12.6. The Kier molecular flexibility index (Phi) is 6.10. The third-order valence-electron chi connectivity index (χ3n) is 3.70. The van der Waals surface area contributed by atoms with E-state index < -0.39 is 23.8 Å². The molecule has 1 unspecified atom stereocenters. The van der Waals surface area contributed by atoms with Crippen molar-refractivity contribution in [2.45, 2.75) is 12.3 Å². The predicted octanol–water partition coefficient (Wildman–Crippen LogP) is 3.19. The summed E-state index contributed by atoms with van der Waals surface area (Å²) in [6, 6.07) is 8.83. The number of aliphatic hydroxyl groups is 1. The molecule has 0 aliphatic rings. The van der Waals surface area contributed by atoms with Gasteiger partial charge in [-0.25, -0.2) is 0 Å². The van der Waals surface area contributed by atoms with Gasteiger partial charge in [0.2, 0.25) is 0 Å². The molecule has 0 saturated carbocycles. The van der Waals surface area contributed by atoms with Gasteiger partial charge in [-0.1, -0.05) is 12.1 Å². The Hall–Kier alpha value is -2.74. The van der Waals surface area contributed by atoms with E-state index in [0.29, 0.717) is 17.1 Å². The first-order valence-electron chi connectivity index (χ1n) is 7.61. The molecule has 2 aromatic rings. The van der Waals surface area contributed by atoms with Gasteiger partial charge < -0.3 is 19.9 Å². The van der Waals surface area contributed by atoms with Crippen molar-refractivity contribution in [3.63, 3.8) is 0 Å². The number of halogens is 3. The number of ether oxygens (including phenoxy) is 2. The molecule has 0 heterocycles. The molecule has 0 saturated heterocycles. The average Bonchev–Trinajstić information content (AvgIpc) is 2.64. The number of rotatable bonds is 6. The van der Waals surface area contributed by atoms with Crippen LogP contribution in [0.15, 0.2) is 42.5 Å². The van der Waals surface area contributed by atoms with Crippen LogP contribution in [0.25, 0.3) is 0 Å². The van der Waals surface area contributed by atoms with Gasteiger partial charge in [-0.05, 0) is 35.9 Å². The maximum atomic E-state index is 12.7. The molecule has 0 aliphatic carbocycles. The summed E-state index contributed by atoms with van der Waals surface area (Å²) >= 11 is 0. The van der Waals surface area contributed by atoms with Crippen molar-refractivity contribution in [1.29, 1.82) is 0 Å². The standard InChI is InChI=1S/C18H18F3NO4/c1-25-15-7-6-11(9-16(15)26-2)14(23)10-22-17(24)12-4-3-5-13(8-12)18(19,20)21/h3-9,14,23H,10H2,1-2H3,(H,22,24). The van der Waals surface area contributed by atoms with Crippen LogP contribution in [-0.2, 0) is 6.18 Å². The molecule has 0 aliphatic heterocycles. The number of hydrogen-bond acceptors (Lipinski definition) is 4. The van der Waals surface area contributed by atoms with Gasteiger partial charge >= 0.3 is 6.18 Å². The lowest BCUT2D eigenvalue weighted by molar-refractivity contribution is -0.137. The summed E-state index contributed by atoms with van der Waals surface area (Å²) in [6.07, 6.45) is -5.60. The van der Waals surface area contributed by atoms with Gasteiger partial charge in [0.15, 0.2) is 11.5 Å². The van der Waals surface area contributed by atoms with Crippen LogP contribution in [0.3, 0.4) is 0 Å².